The number of carbonyl (C=O) groups excluding carboxylic acids is 3. The fourth-order valence-electron chi connectivity index (χ4n) is 3.05. The van der Waals surface area contributed by atoms with Crippen LogP contribution in [0.4, 0.5) is 4.39 Å². The van der Waals surface area contributed by atoms with Crippen molar-refractivity contribution < 1.29 is 18.8 Å². The number of halogens is 1. The number of carbonyl (C=O) groups is 3. The zero-order valence-corrected chi connectivity index (χ0v) is 16.4. The maximum absolute atomic E-state index is 13.0. The molecule has 1 aromatic rings. The summed E-state index contributed by atoms with van der Waals surface area (Å²) in [5.74, 6) is -1.06. The van der Waals surface area contributed by atoms with Crippen LogP contribution in [0.2, 0.25) is 0 Å². The van der Waals surface area contributed by atoms with Gasteiger partial charge in [0, 0.05) is 37.7 Å². The van der Waals surface area contributed by atoms with Crippen LogP contribution < -0.4 is 5.32 Å². The molecule has 1 unspecified atom stereocenters. The summed E-state index contributed by atoms with van der Waals surface area (Å²) in [6.07, 6.45) is 0. The maximum Gasteiger partial charge on any atom is 0.251 e. The van der Waals surface area contributed by atoms with Crippen molar-refractivity contribution in [2.45, 2.75) is 33.7 Å². The second-order valence-electron chi connectivity index (χ2n) is 7.51. The van der Waals surface area contributed by atoms with Gasteiger partial charge in [-0.2, -0.15) is 0 Å². The Morgan fingerprint density at radius 2 is 1.37 bits per heavy atom. The highest BCUT2D eigenvalue weighted by Gasteiger charge is 2.32. The molecule has 27 heavy (non-hydrogen) atoms. The Kier molecular flexibility index (Phi) is 6.93. The lowest BCUT2D eigenvalue weighted by Gasteiger charge is -2.37. The highest BCUT2D eigenvalue weighted by Crippen LogP contribution is 2.13. The van der Waals surface area contributed by atoms with E-state index < -0.39 is 17.8 Å². The molecule has 1 saturated heterocycles. The van der Waals surface area contributed by atoms with Gasteiger partial charge in [-0.3, -0.25) is 14.4 Å². The Morgan fingerprint density at radius 3 is 1.81 bits per heavy atom. The number of piperazine rings is 1. The molecule has 1 fully saturated rings. The summed E-state index contributed by atoms with van der Waals surface area (Å²) in [6, 6.07) is 4.54. The highest BCUT2D eigenvalue weighted by atomic mass is 19.1. The van der Waals surface area contributed by atoms with Crippen LogP contribution in [-0.2, 0) is 9.59 Å². The summed E-state index contributed by atoms with van der Waals surface area (Å²) >= 11 is 0. The van der Waals surface area contributed by atoms with Gasteiger partial charge in [0.25, 0.3) is 5.91 Å². The minimum Gasteiger partial charge on any atom is -0.340 e. The van der Waals surface area contributed by atoms with Crippen LogP contribution in [0.3, 0.4) is 0 Å². The summed E-state index contributed by atoms with van der Waals surface area (Å²) in [5.41, 5.74) is 0.308. The third-order valence-corrected chi connectivity index (χ3v) is 4.72. The van der Waals surface area contributed by atoms with Crippen molar-refractivity contribution >= 4 is 17.7 Å². The van der Waals surface area contributed by atoms with Crippen molar-refractivity contribution in [3.63, 3.8) is 0 Å². The van der Waals surface area contributed by atoms with Crippen LogP contribution in [0, 0.1) is 17.7 Å². The van der Waals surface area contributed by atoms with Crippen LogP contribution in [0.25, 0.3) is 0 Å². The predicted molar refractivity (Wildman–Crippen MR) is 100 cm³/mol. The van der Waals surface area contributed by atoms with E-state index in [9.17, 15) is 18.8 Å². The molecular formula is C20H28FN3O3. The summed E-state index contributed by atoms with van der Waals surface area (Å²) in [4.78, 5) is 40.9. The molecule has 3 amide bonds. The Labute approximate surface area is 159 Å². The number of nitrogens with zero attached hydrogens (tertiary/aromatic N) is 2. The second kappa shape index (κ2) is 8.97. The average molecular weight is 377 g/mol. The topological polar surface area (TPSA) is 69.7 Å². The summed E-state index contributed by atoms with van der Waals surface area (Å²) in [7, 11) is 0. The third-order valence-electron chi connectivity index (χ3n) is 4.72. The molecule has 0 saturated carbocycles. The molecule has 0 aliphatic carbocycles. The van der Waals surface area contributed by atoms with Crippen molar-refractivity contribution in [1.29, 1.82) is 0 Å². The van der Waals surface area contributed by atoms with E-state index in [0.717, 1.165) is 0 Å². The van der Waals surface area contributed by atoms with Crippen LogP contribution in [0.1, 0.15) is 38.1 Å². The normalized spacial score (nSPS) is 15.8. The average Bonchev–Trinajstić information content (AvgIpc) is 2.65. The molecule has 1 N–H and O–H groups in total. The van der Waals surface area contributed by atoms with Crippen LogP contribution in [0.15, 0.2) is 24.3 Å². The first-order chi connectivity index (χ1) is 12.7. The molecule has 0 bridgehead atoms. The summed E-state index contributed by atoms with van der Waals surface area (Å²) < 4.78 is 13.0. The monoisotopic (exact) mass is 377 g/mol. The van der Waals surface area contributed by atoms with E-state index in [0.29, 0.717) is 31.7 Å². The molecule has 0 spiro atoms. The van der Waals surface area contributed by atoms with E-state index in [4.69, 9.17) is 0 Å². The van der Waals surface area contributed by atoms with Gasteiger partial charge >= 0.3 is 0 Å². The standard InChI is InChI=1S/C20H28FN3O3/c1-13(2)17(22-18(25)15-5-7-16(21)8-6-15)20(27)24-11-9-23(10-12-24)19(26)14(3)4/h5-8,13-14,17H,9-12H2,1-4H3,(H,22,25). The molecule has 1 aromatic carbocycles. The van der Waals surface area contributed by atoms with Gasteiger partial charge in [0.05, 0.1) is 0 Å². The van der Waals surface area contributed by atoms with E-state index >= 15 is 0 Å². The Bertz CT molecular complexity index is 680. The first kappa shape index (κ1) is 20.9. The molecule has 0 radical (unpaired) electrons. The molecule has 148 valence electrons. The molecule has 1 atom stereocenters. The maximum atomic E-state index is 13.0. The van der Waals surface area contributed by atoms with Gasteiger partial charge in [0.2, 0.25) is 11.8 Å². The van der Waals surface area contributed by atoms with Gasteiger partial charge in [-0.05, 0) is 30.2 Å². The fourth-order valence-corrected chi connectivity index (χ4v) is 3.05. The summed E-state index contributed by atoms with van der Waals surface area (Å²) in [5, 5.41) is 2.77. The first-order valence-corrected chi connectivity index (χ1v) is 9.34. The molecule has 1 aliphatic rings. The minimum atomic E-state index is -0.671. The third kappa shape index (κ3) is 5.28. The number of hydrogen-bond acceptors (Lipinski definition) is 3. The lowest BCUT2D eigenvalue weighted by Crippen LogP contribution is -2.57. The number of nitrogens with one attached hydrogen (secondary N) is 1. The second-order valence-corrected chi connectivity index (χ2v) is 7.51. The van der Waals surface area contributed by atoms with E-state index in [2.05, 4.69) is 5.32 Å². The zero-order valence-electron chi connectivity index (χ0n) is 16.4. The van der Waals surface area contributed by atoms with Crippen molar-refractivity contribution in [3.8, 4) is 0 Å². The molecule has 0 aromatic heterocycles. The Hall–Kier alpha value is -2.44. The van der Waals surface area contributed by atoms with E-state index in [-0.39, 0.29) is 23.7 Å². The van der Waals surface area contributed by atoms with Crippen molar-refractivity contribution in [1.82, 2.24) is 15.1 Å². The van der Waals surface area contributed by atoms with Crippen molar-refractivity contribution in [2.75, 3.05) is 26.2 Å². The molecular weight excluding hydrogens is 349 g/mol. The Morgan fingerprint density at radius 1 is 0.889 bits per heavy atom. The Balaban J connectivity index is 2.00. The SMILES string of the molecule is CC(C)C(=O)N1CCN(C(=O)C(NC(=O)c2ccc(F)cc2)C(C)C)CC1. The van der Waals surface area contributed by atoms with E-state index in [1.165, 1.54) is 24.3 Å². The predicted octanol–water partition coefficient (Wildman–Crippen LogP) is 1.91. The van der Waals surface area contributed by atoms with Gasteiger partial charge in [-0.15, -0.1) is 0 Å². The summed E-state index contributed by atoms with van der Waals surface area (Å²) in [6.45, 7) is 9.36. The molecule has 1 aliphatic heterocycles. The number of benzene rings is 1. The van der Waals surface area contributed by atoms with Gasteiger partial charge in [-0.25, -0.2) is 4.39 Å². The van der Waals surface area contributed by atoms with Gasteiger partial charge in [0.15, 0.2) is 0 Å². The fraction of sp³-hybridized carbons (Fsp3) is 0.550. The molecule has 1 heterocycles. The molecule has 2 rings (SSSR count). The van der Waals surface area contributed by atoms with Crippen molar-refractivity contribution in [2.24, 2.45) is 11.8 Å². The lowest BCUT2D eigenvalue weighted by molar-refractivity contribution is -0.142. The van der Waals surface area contributed by atoms with Crippen LogP contribution >= 0.6 is 0 Å². The van der Waals surface area contributed by atoms with Crippen molar-refractivity contribution in [3.05, 3.63) is 35.6 Å². The molecule has 7 heteroatoms. The van der Waals surface area contributed by atoms with Gasteiger partial charge in [0.1, 0.15) is 11.9 Å². The first-order valence-electron chi connectivity index (χ1n) is 9.34. The van der Waals surface area contributed by atoms with Gasteiger partial charge < -0.3 is 15.1 Å². The largest absolute Gasteiger partial charge is 0.340 e. The highest BCUT2D eigenvalue weighted by molar-refractivity contribution is 5.97. The number of amides is 3. The minimum absolute atomic E-state index is 0.0642. The smallest absolute Gasteiger partial charge is 0.251 e. The number of rotatable bonds is 5. The van der Waals surface area contributed by atoms with E-state index in [1.54, 1.807) is 9.80 Å². The zero-order chi connectivity index (χ0) is 20.1. The number of hydrogen-bond donors (Lipinski definition) is 1. The van der Waals surface area contributed by atoms with Crippen LogP contribution in [0.5, 0.6) is 0 Å². The van der Waals surface area contributed by atoms with Gasteiger partial charge in [-0.1, -0.05) is 27.7 Å². The lowest BCUT2D eigenvalue weighted by atomic mass is 10.0. The quantitative estimate of drug-likeness (QED) is 0.852. The van der Waals surface area contributed by atoms with E-state index in [1.807, 2.05) is 27.7 Å². The van der Waals surface area contributed by atoms with Crippen LogP contribution in [-0.4, -0.2) is 59.7 Å². The molecule has 6 nitrogen and oxygen atoms in total.